The Morgan fingerprint density at radius 1 is 1.35 bits per heavy atom. The molecule has 0 saturated carbocycles. The van der Waals surface area contributed by atoms with Crippen LogP contribution in [-0.2, 0) is 5.75 Å². The van der Waals surface area contributed by atoms with Gasteiger partial charge in [0.2, 0.25) is 0 Å². The number of hydrogen-bond acceptors (Lipinski definition) is 4. The highest BCUT2D eigenvalue weighted by Crippen LogP contribution is 2.31. The van der Waals surface area contributed by atoms with Crippen molar-refractivity contribution in [2.24, 2.45) is 11.1 Å². The van der Waals surface area contributed by atoms with Crippen molar-refractivity contribution in [3.63, 3.8) is 0 Å². The summed E-state index contributed by atoms with van der Waals surface area (Å²) >= 11 is 1.71. The SMILES string of the molecule is CC1(CN)CCN(C(=O)c2occc2CSc2ccccc2)C1. The topological polar surface area (TPSA) is 59.5 Å². The molecule has 2 heterocycles. The van der Waals surface area contributed by atoms with Gasteiger partial charge in [-0.05, 0) is 36.6 Å². The average Bonchev–Trinajstić information content (AvgIpc) is 3.20. The number of amides is 1. The Hall–Kier alpha value is -1.72. The van der Waals surface area contributed by atoms with E-state index in [9.17, 15) is 4.79 Å². The monoisotopic (exact) mass is 330 g/mol. The molecule has 2 aromatic rings. The molecule has 1 amide bonds. The summed E-state index contributed by atoms with van der Waals surface area (Å²) in [4.78, 5) is 15.8. The van der Waals surface area contributed by atoms with Gasteiger partial charge in [0.05, 0.1) is 6.26 Å². The van der Waals surface area contributed by atoms with Crippen LogP contribution in [0.25, 0.3) is 0 Å². The third-order valence-electron chi connectivity index (χ3n) is 4.42. The summed E-state index contributed by atoms with van der Waals surface area (Å²) in [5.41, 5.74) is 6.80. The van der Waals surface area contributed by atoms with E-state index in [0.717, 1.165) is 24.3 Å². The number of carbonyl (C=O) groups excluding carboxylic acids is 1. The molecule has 0 bridgehead atoms. The van der Waals surface area contributed by atoms with Crippen molar-refractivity contribution in [2.75, 3.05) is 19.6 Å². The van der Waals surface area contributed by atoms with Crippen LogP contribution < -0.4 is 5.73 Å². The van der Waals surface area contributed by atoms with E-state index in [1.54, 1.807) is 18.0 Å². The molecular formula is C18H22N2O2S. The molecule has 0 aliphatic carbocycles. The van der Waals surface area contributed by atoms with Crippen molar-refractivity contribution in [2.45, 2.75) is 24.0 Å². The average molecular weight is 330 g/mol. The van der Waals surface area contributed by atoms with E-state index in [1.165, 1.54) is 4.90 Å². The molecule has 1 saturated heterocycles. The molecule has 4 nitrogen and oxygen atoms in total. The summed E-state index contributed by atoms with van der Waals surface area (Å²) in [6.07, 6.45) is 2.55. The molecule has 1 fully saturated rings. The second kappa shape index (κ2) is 6.81. The Labute approximate surface area is 141 Å². The van der Waals surface area contributed by atoms with E-state index in [-0.39, 0.29) is 11.3 Å². The summed E-state index contributed by atoms with van der Waals surface area (Å²) in [6.45, 7) is 4.19. The van der Waals surface area contributed by atoms with Gasteiger partial charge in [0, 0.05) is 29.3 Å². The molecule has 1 aromatic heterocycles. The lowest BCUT2D eigenvalue weighted by atomic mass is 9.90. The molecule has 1 aromatic carbocycles. The number of nitrogens with two attached hydrogens (primary N) is 1. The zero-order valence-electron chi connectivity index (χ0n) is 13.3. The third kappa shape index (κ3) is 3.62. The number of likely N-dealkylation sites (tertiary alicyclic amines) is 1. The van der Waals surface area contributed by atoms with E-state index in [2.05, 4.69) is 19.1 Å². The van der Waals surface area contributed by atoms with Gasteiger partial charge in [-0.3, -0.25) is 4.79 Å². The largest absolute Gasteiger partial charge is 0.459 e. The van der Waals surface area contributed by atoms with Gasteiger partial charge in [0.25, 0.3) is 5.91 Å². The molecule has 2 N–H and O–H groups in total. The smallest absolute Gasteiger partial charge is 0.289 e. The predicted octanol–water partition coefficient (Wildman–Crippen LogP) is 3.38. The summed E-state index contributed by atoms with van der Waals surface area (Å²) in [5, 5.41) is 0. The molecule has 0 spiro atoms. The van der Waals surface area contributed by atoms with Crippen LogP contribution in [0, 0.1) is 5.41 Å². The van der Waals surface area contributed by atoms with Crippen LogP contribution in [0.1, 0.15) is 29.5 Å². The lowest BCUT2D eigenvalue weighted by molar-refractivity contribution is 0.0744. The molecule has 1 unspecified atom stereocenters. The zero-order valence-corrected chi connectivity index (χ0v) is 14.1. The summed E-state index contributed by atoms with van der Waals surface area (Å²) < 4.78 is 5.49. The van der Waals surface area contributed by atoms with Crippen LogP contribution in [0.3, 0.4) is 0 Å². The van der Waals surface area contributed by atoms with Crippen molar-refractivity contribution in [1.82, 2.24) is 4.90 Å². The van der Waals surface area contributed by atoms with Gasteiger partial charge in [0.15, 0.2) is 5.76 Å². The molecule has 23 heavy (non-hydrogen) atoms. The number of furan rings is 1. The van der Waals surface area contributed by atoms with Crippen molar-refractivity contribution < 1.29 is 9.21 Å². The summed E-state index contributed by atoms with van der Waals surface area (Å²) in [6, 6.07) is 12.1. The van der Waals surface area contributed by atoms with Gasteiger partial charge in [-0.1, -0.05) is 25.1 Å². The standard InChI is InChI=1S/C18H22N2O2S/c1-18(12-19)8-9-20(13-18)17(21)16-14(7-10-22-16)11-23-15-5-3-2-4-6-15/h2-7,10H,8-9,11-13,19H2,1H3. The fourth-order valence-electron chi connectivity index (χ4n) is 2.82. The van der Waals surface area contributed by atoms with Crippen LogP contribution in [0.4, 0.5) is 0 Å². The summed E-state index contributed by atoms with van der Waals surface area (Å²) in [5.74, 6) is 1.18. The zero-order chi connectivity index (χ0) is 16.3. The number of rotatable bonds is 5. The normalized spacial score (nSPS) is 20.9. The van der Waals surface area contributed by atoms with Gasteiger partial charge in [-0.15, -0.1) is 11.8 Å². The van der Waals surface area contributed by atoms with Crippen molar-refractivity contribution in [3.05, 3.63) is 54.0 Å². The van der Waals surface area contributed by atoms with Crippen LogP contribution in [-0.4, -0.2) is 30.4 Å². The number of nitrogens with zero attached hydrogens (tertiary/aromatic N) is 1. The minimum atomic E-state index is -0.0177. The Morgan fingerprint density at radius 3 is 2.83 bits per heavy atom. The Bertz CT molecular complexity index is 671. The lowest BCUT2D eigenvalue weighted by Crippen LogP contribution is -2.34. The second-order valence-electron chi connectivity index (χ2n) is 6.37. The Balaban J connectivity index is 1.67. The van der Waals surface area contributed by atoms with E-state index < -0.39 is 0 Å². The third-order valence-corrected chi connectivity index (χ3v) is 5.48. The van der Waals surface area contributed by atoms with Crippen LogP contribution in [0.2, 0.25) is 0 Å². The van der Waals surface area contributed by atoms with Gasteiger partial charge in [-0.25, -0.2) is 0 Å². The quantitative estimate of drug-likeness (QED) is 0.854. The predicted molar refractivity (Wildman–Crippen MR) is 92.4 cm³/mol. The molecular weight excluding hydrogens is 308 g/mol. The van der Waals surface area contributed by atoms with Crippen molar-refractivity contribution in [1.29, 1.82) is 0 Å². The number of hydrogen-bond donors (Lipinski definition) is 1. The van der Waals surface area contributed by atoms with E-state index >= 15 is 0 Å². The van der Waals surface area contributed by atoms with Crippen molar-refractivity contribution >= 4 is 17.7 Å². The molecule has 5 heteroatoms. The number of carbonyl (C=O) groups is 1. The van der Waals surface area contributed by atoms with Crippen LogP contribution in [0.5, 0.6) is 0 Å². The highest BCUT2D eigenvalue weighted by atomic mass is 32.2. The first-order valence-electron chi connectivity index (χ1n) is 7.85. The maximum absolute atomic E-state index is 12.7. The first-order chi connectivity index (χ1) is 11.1. The van der Waals surface area contributed by atoms with Crippen LogP contribution >= 0.6 is 11.8 Å². The van der Waals surface area contributed by atoms with E-state index in [0.29, 0.717) is 18.8 Å². The molecule has 3 rings (SSSR count). The maximum Gasteiger partial charge on any atom is 0.289 e. The van der Waals surface area contributed by atoms with E-state index in [1.807, 2.05) is 29.2 Å². The van der Waals surface area contributed by atoms with Gasteiger partial charge < -0.3 is 15.1 Å². The molecule has 1 atom stereocenters. The van der Waals surface area contributed by atoms with Crippen LogP contribution in [0.15, 0.2) is 52.0 Å². The number of thioether (sulfide) groups is 1. The van der Waals surface area contributed by atoms with Crippen molar-refractivity contribution in [3.8, 4) is 0 Å². The first-order valence-corrected chi connectivity index (χ1v) is 8.83. The fourth-order valence-corrected chi connectivity index (χ4v) is 3.72. The molecule has 1 aliphatic heterocycles. The van der Waals surface area contributed by atoms with Gasteiger partial charge in [0.1, 0.15) is 0 Å². The number of benzene rings is 1. The maximum atomic E-state index is 12.7. The van der Waals surface area contributed by atoms with E-state index in [4.69, 9.17) is 10.2 Å². The fraction of sp³-hybridized carbons (Fsp3) is 0.389. The molecule has 0 radical (unpaired) electrons. The highest BCUT2D eigenvalue weighted by Gasteiger charge is 2.36. The Morgan fingerprint density at radius 2 is 2.13 bits per heavy atom. The first kappa shape index (κ1) is 16.1. The lowest BCUT2D eigenvalue weighted by Gasteiger charge is -2.22. The summed E-state index contributed by atoms with van der Waals surface area (Å²) in [7, 11) is 0. The Kier molecular flexibility index (Phi) is 4.78. The second-order valence-corrected chi connectivity index (χ2v) is 7.42. The minimum Gasteiger partial charge on any atom is -0.459 e. The van der Waals surface area contributed by atoms with Gasteiger partial charge in [-0.2, -0.15) is 0 Å². The molecule has 122 valence electrons. The molecule has 1 aliphatic rings. The highest BCUT2D eigenvalue weighted by molar-refractivity contribution is 7.98. The van der Waals surface area contributed by atoms with Gasteiger partial charge >= 0.3 is 0 Å². The minimum absolute atomic E-state index is 0.0177.